The quantitative estimate of drug-likeness (QED) is 0.188. The normalized spacial score (nSPS) is 11.7. The zero-order valence-electron chi connectivity index (χ0n) is 20.5. The molecule has 0 saturated carbocycles. The van der Waals surface area contributed by atoms with E-state index in [0.29, 0.717) is 12.2 Å². The molecule has 0 heterocycles. The first-order valence-electron chi connectivity index (χ1n) is 11.5. The second kappa shape index (κ2) is 15.4. The van der Waals surface area contributed by atoms with Crippen LogP contribution >= 0.6 is 0 Å². The van der Waals surface area contributed by atoms with E-state index in [-0.39, 0.29) is 50.1 Å². The van der Waals surface area contributed by atoms with Crippen molar-refractivity contribution < 1.29 is 37.0 Å². The van der Waals surface area contributed by atoms with E-state index in [0.717, 1.165) is 12.7 Å². The smallest absolute Gasteiger partial charge is 0.407 e. The predicted molar refractivity (Wildman–Crippen MR) is 134 cm³/mol. The molecule has 0 fully saturated rings. The molecule has 0 bridgehead atoms. The first-order chi connectivity index (χ1) is 17.7. The number of alkyl carbamates (subject to hydrolysis) is 1. The van der Waals surface area contributed by atoms with E-state index >= 15 is 0 Å². The maximum Gasteiger partial charge on any atom is 0.407 e. The van der Waals surface area contributed by atoms with Crippen LogP contribution in [-0.2, 0) is 35.7 Å². The first kappa shape index (κ1) is 29.5. The van der Waals surface area contributed by atoms with Gasteiger partial charge in [0.1, 0.15) is 18.4 Å². The van der Waals surface area contributed by atoms with E-state index in [4.69, 9.17) is 15.2 Å². The molecule has 0 radical (unpaired) electrons. The second-order valence-electron chi connectivity index (χ2n) is 7.69. The van der Waals surface area contributed by atoms with Crippen LogP contribution in [0.25, 0.3) is 0 Å². The lowest BCUT2D eigenvalue weighted by Crippen LogP contribution is -2.46. The first-order valence-corrected chi connectivity index (χ1v) is 13.0. The zero-order chi connectivity index (χ0) is 27.1. The third-order valence-electron chi connectivity index (χ3n) is 4.90. The largest absolute Gasteiger partial charge is 0.494 e. The van der Waals surface area contributed by atoms with Crippen LogP contribution in [0.3, 0.4) is 0 Å². The fraction of sp³-hybridized carbons (Fsp3) is 0.375. The number of nitrogens with two attached hydrogens (primary N) is 1. The number of amides is 2. The van der Waals surface area contributed by atoms with Crippen LogP contribution in [0.1, 0.15) is 18.4 Å². The molecule has 202 valence electrons. The fourth-order valence-electron chi connectivity index (χ4n) is 2.96. The van der Waals surface area contributed by atoms with Crippen molar-refractivity contribution in [2.24, 2.45) is 5.73 Å². The molecule has 2 amide bonds. The standard InChI is InChI=1S/C24H32N4O8S/c1-34-23(30)21(16-25)28-37(32,33)20-11-9-19(10-12-20)35-15-5-8-22(29)26-13-14-27-24(31)36-17-18-6-3-2-4-7-18/h2-4,6-7,9-12,21,28H,5,8,13-17,25H2,1H3,(H,26,29)(H,27,31)/t21-/m1/s1. The Morgan fingerprint density at radius 3 is 2.30 bits per heavy atom. The van der Waals surface area contributed by atoms with Gasteiger partial charge in [0.05, 0.1) is 18.6 Å². The van der Waals surface area contributed by atoms with Crippen LogP contribution in [0.4, 0.5) is 4.79 Å². The van der Waals surface area contributed by atoms with Gasteiger partial charge in [-0.3, -0.25) is 9.59 Å². The fourth-order valence-corrected chi connectivity index (χ4v) is 4.15. The van der Waals surface area contributed by atoms with E-state index in [9.17, 15) is 22.8 Å². The molecule has 0 unspecified atom stereocenters. The Morgan fingerprint density at radius 1 is 0.973 bits per heavy atom. The van der Waals surface area contributed by atoms with Crippen LogP contribution in [0.15, 0.2) is 59.5 Å². The minimum Gasteiger partial charge on any atom is -0.494 e. The van der Waals surface area contributed by atoms with Crippen LogP contribution < -0.4 is 25.8 Å². The number of benzene rings is 2. The third-order valence-corrected chi connectivity index (χ3v) is 6.39. The van der Waals surface area contributed by atoms with Gasteiger partial charge in [-0.05, 0) is 36.2 Å². The number of hydrogen-bond donors (Lipinski definition) is 4. The molecule has 0 aliphatic heterocycles. The average molecular weight is 537 g/mol. The van der Waals surface area contributed by atoms with Crippen LogP contribution in [0.2, 0.25) is 0 Å². The molecule has 0 aromatic heterocycles. The summed E-state index contributed by atoms with van der Waals surface area (Å²) in [6.07, 6.45) is 0.0731. The van der Waals surface area contributed by atoms with Gasteiger partial charge in [0.25, 0.3) is 0 Å². The van der Waals surface area contributed by atoms with Crippen LogP contribution in [0, 0.1) is 0 Å². The Balaban J connectivity index is 1.61. The maximum atomic E-state index is 12.4. The van der Waals surface area contributed by atoms with Gasteiger partial charge >= 0.3 is 12.1 Å². The minimum atomic E-state index is -3.99. The topological polar surface area (TPSA) is 175 Å². The summed E-state index contributed by atoms with van der Waals surface area (Å²) >= 11 is 0. The summed E-state index contributed by atoms with van der Waals surface area (Å²) in [5.74, 6) is -0.566. The van der Waals surface area contributed by atoms with E-state index in [1.165, 1.54) is 24.3 Å². The Hall–Kier alpha value is -3.68. The number of rotatable bonds is 15. The molecule has 2 rings (SSSR count). The van der Waals surface area contributed by atoms with E-state index in [2.05, 4.69) is 20.1 Å². The summed E-state index contributed by atoms with van der Waals surface area (Å²) in [5.41, 5.74) is 6.30. The maximum absolute atomic E-state index is 12.4. The molecular formula is C24H32N4O8S. The number of carbonyl (C=O) groups is 3. The lowest BCUT2D eigenvalue weighted by molar-refractivity contribution is -0.142. The molecule has 2 aromatic carbocycles. The zero-order valence-corrected chi connectivity index (χ0v) is 21.3. The van der Waals surface area contributed by atoms with Crippen molar-refractivity contribution in [2.75, 3.05) is 33.4 Å². The lowest BCUT2D eigenvalue weighted by atomic mass is 10.2. The Labute approximate surface area is 215 Å². The lowest BCUT2D eigenvalue weighted by Gasteiger charge is -2.15. The van der Waals surface area contributed by atoms with Gasteiger partial charge in [-0.1, -0.05) is 30.3 Å². The summed E-state index contributed by atoms with van der Waals surface area (Å²) < 4.78 is 42.2. The molecule has 13 heteroatoms. The minimum absolute atomic E-state index is 0.0702. The summed E-state index contributed by atoms with van der Waals surface area (Å²) in [4.78, 5) is 35.1. The van der Waals surface area contributed by atoms with Crippen molar-refractivity contribution in [3.63, 3.8) is 0 Å². The van der Waals surface area contributed by atoms with Gasteiger partial charge in [-0.25, -0.2) is 13.2 Å². The highest BCUT2D eigenvalue weighted by Crippen LogP contribution is 2.16. The molecule has 37 heavy (non-hydrogen) atoms. The van der Waals surface area contributed by atoms with Gasteiger partial charge in [0.2, 0.25) is 15.9 Å². The predicted octanol–water partition coefficient (Wildman–Crippen LogP) is 0.667. The van der Waals surface area contributed by atoms with E-state index in [1.807, 2.05) is 30.3 Å². The van der Waals surface area contributed by atoms with Crippen molar-refractivity contribution in [2.45, 2.75) is 30.4 Å². The number of ether oxygens (including phenoxy) is 3. The number of nitrogens with one attached hydrogen (secondary N) is 3. The van der Waals surface area contributed by atoms with Crippen molar-refractivity contribution >= 4 is 28.0 Å². The van der Waals surface area contributed by atoms with Gasteiger partial charge < -0.3 is 30.6 Å². The van der Waals surface area contributed by atoms with Crippen LogP contribution in [0.5, 0.6) is 5.75 Å². The molecular weight excluding hydrogens is 504 g/mol. The van der Waals surface area contributed by atoms with Crippen molar-refractivity contribution in [3.8, 4) is 5.75 Å². The van der Waals surface area contributed by atoms with Crippen molar-refractivity contribution in [3.05, 3.63) is 60.2 Å². The summed E-state index contributed by atoms with van der Waals surface area (Å²) in [6.45, 7) is 0.632. The molecule has 12 nitrogen and oxygen atoms in total. The van der Waals surface area contributed by atoms with Gasteiger partial charge in [-0.2, -0.15) is 4.72 Å². The van der Waals surface area contributed by atoms with Crippen molar-refractivity contribution in [1.29, 1.82) is 0 Å². The Morgan fingerprint density at radius 2 is 1.65 bits per heavy atom. The Kier molecular flexibility index (Phi) is 12.3. The molecule has 0 saturated heterocycles. The highest BCUT2D eigenvalue weighted by Gasteiger charge is 2.25. The SMILES string of the molecule is COC(=O)[C@@H](CN)NS(=O)(=O)c1ccc(OCCCC(=O)NCCNC(=O)OCc2ccccc2)cc1. The highest BCUT2D eigenvalue weighted by molar-refractivity contribution is 7.89. The monoisotopic (exact) mass is 536 g/mol. The summed E-state index contributed by atoms with van der Waals surface area (Å²) in [5, 5.41) is 5.24. The van der Waals surface area contributed by atoms with Crippen molar-refractivity contribution in [1.82, 2.24) is 15.4 Å². The molecule has 2 aromatic rings. The second-order valence-corrected chi connectivity index (χ2v) is 9.41. The van der Waals surface area contributed by atoms with E-state index in [1.54, 1.807) is 0 Å². The molecule has 5 N–H and O–H groups in total. The van der Waals surface area contributed by atoms with E-state index < -0.39 is 28.1 Å². The number of sulfonamides is 1. The summed E-state index contributed by atoms with van der Waals surface area (Å²) in [6, 6.07) is 13.7. The van der Waals surface area contributed by atoms with Gasteiger partial charge in [-0.15, -0.1) is 0 Å². The number of esters is 1. The van der Waals surface area contributed by atoms with Crippen LogP contribution in [-0.4, -0.2) is 65.8 Å². The number of hydrogen-bond acceptors (Lipinski definition) is 9. The number of carbonyl (C=O) groups excluding carboxylic acids is 3. The third kappa shape index (κ3) is 10.9. The highest BCUT2D eigenvalue weighted by atomic mass is 32.2. The molecule has 0 spiro atoms. The van der Waals surface area contributed by atoms with Gasteiger partial charge in [0, 0.05) is 26.1 Å². The molecule has 1 atom stereocenters. The molecule has 0 aliphatic rings. The molecule has 0 aliphatic carbocycles. The van der Waals surface area contributed by atoms with Gasteiger partial charge in [0.15, 0.2) is 0 Å². The Bertz CT molecular complexity index is 1110. The summed E-state index contributed by atoms with van der Waals surface area (Å²) in [7, 11) is -2.85. The number of methoxy groups -OCH3 is 1. The average Bonchev–Trinajstić information content (AvgIpc) is 2.91.